The van der Waals surface area contributed by atoms with Crippen LogP contribution in [0, 0.1) is 17.6 Å². The summed E-state index contributed by atoms with van der Waals surface area (Å²) in [5.74, 6) is -0.491. The molecule has 0 aliphatic heterocycles. The summed E-state index contributed by atoms with van der Waals surface area (Å²) in [5, 5.41) is 3.16. The first kappa shape index (κ1) is 17.4. The van der Waals surface area contributed by atoms with Gasteiger partial charge in [0.05, 0.1) is 5.02 Å². The van der Waals surface area contributed by atoms with E-state index in [9.17, 15) is 8.78 Å². The zero-order valence-electron chi connectivity index (χ0n) is 12.5. The number of hydrogen-bond donors (Lipinski definition) is 1. The van der Waals surface area contributed by atoms with Crippen molar-refractivity contribution in [2.75, 3.05) is 6.54 Å². The van der Waals surface area contributed by atoms with Crippen molar-refractivity contribution in [3.63, 3.8) is 0 Å². The molecule has 1 unspecified atom stereocenters. The molecular formula is C16H24ClF2N. The molecule has 1 aromatic rings. The smallest absolute Gasteiger partial charge is 0.142 e. The van der Waals surface area contributed by atoms with Gasteiger partial charge in [0.25, 0.3) is 0 Å². The van der Waals surface area contributed by atoms with Crippen LogP contribution in [0.3, 0.4) is 0 Å². The second-order valence-corrected chi connectivity index (χ2v) is 5.62. The molecule has 0 aliphatic carbocycles. The van der Waals surface area contributed by atoms with E-state index in [1.54, 1.807) is 0 Å². The molecule has 1 rings (SSSR count). The Morgan fingerprint density at radius 2 is 1.75 bits per heavy atom. The summed E-state index contributed by atoms with van der Waals surface area (Å²) < 4.78 is 27.7. The van der Waals surface area contributed by atoms with Crippen LogP contribution in [0.1, 0.15) is 58.1 Å². The van der Waals surface area contributed by atoms with E-state index in [4.69, 9.17) is 11.6 Å². The van der Waals surface area contributed by atoms with E-state index in [2.05, 4.69) is 26.1 Å². The molecule has 0 amide bonds. The van der Waals surface area contributed by atoms with Crippen LogP contribution in [0.2, 0.25) is 5.02 Å². The van der Waals surface area contributed by atoms with Gasteiger partial charge in [-0.25, -0.2) is 8.78 Å². The Morgan fingerprint density at radius 3 is 2.30 bits per heavy atom. The van der Waals surface area contributed by atoms with Crippen LogP contribution < -0.4 is 5.32 Å². The predicted octanol–water partition coefficient (Wildman–Crippen LogP) is 5.49. The summed E-state index contributed by atoms with van der Waals surface area (Å²) in [7, 11) is 0. The van der Waals surface area contributed by atoms with Gasteiger partial charge < -0.3 is 5.32 Å². The van der Waals surface area contributed by atoms with Crippen LogP contribution in [0.25, 0.3) is 0 Å². The van der Waals surface area contributed by atoms with Gasteiger partial charge in [-0.2, -0.15) is 0 Å². The molecule has 0 radical (unpaired) electrons. The van der Waals surface area contributed by atoms with Crippen molar-refractivity contribution < 1.29 is 8.78 Å². The Hall–Kier alpha value is -0.670. The Labute approximate surface area is 125 Å². The van der Waals surface area contributed by atoms with Crippen molar-refractivity contribution >= 4 is 11.6 Å². The van der Waals surface area contributed by atoms with E-state index in [0.29, 0.717) is 11.5 Å². The highest BCUT2D eigenvalue weighted by Crippen LogP contribution is 2.29. The van der Waals surface area contributed by atoms with Crippen LogP contribution in [-0.4, -0.2) is 6.54 Å². The SMILES string of the molecule is CCCNC(CC(CC)CC)c1cc(F)c(Cl)cc1F. The van der Waals surface area contributed by atoms with Gasteiger partial charge in [0.1, 0.15) is 11.6 Å². The highest BCUT2D eigenvalue weighted by molar-refractivity contribution is 6.30. The van der Waals surface area contributed by atoms with Crippen LogP contribution in [0.4, 0.5) is 8.78 Å². The summed E-state index contributed by atoms with van der Waals surface area (Å²) >= 11 is 5.62. The molecule has 20 heavy (non-hydrogen) atoms. The van der Waals surface area contributed by atoms with E-state index >= 15 is 0 Å². The lowest BCUT2D eigenvalue weighted by Crippen LogP contribution is -2.25. The van der Waals surface area contributed by atoms with Crippen LogP contribution in [0.5, 0.6) is 0 Å². The standard InChI is InChI=1S/C16H24ClF2N/c1-4-7-20-16(8-11(5-2)6-3)12-9-15(19)13(17)10-14(12)18/h9-11,16,20H,4-8H2,1-3H3. The second-order valence-electron chi connectivity index (χ2n) is 5.21. The van der Waals surface area contributed by atoms with Gasteiger partial charge in [-0.05, 0) is 37.4 Å². The highest BCUT2D eigenvalue weighted by atomic mass is 35.5. The lowest BCUT2D eigenvalue weighted by atomic mass is 9.90. The van der Waals surface area contributed by atoms with Gasteiger partial charge in [-0.3, -0.25) is 0 Å². The summed E-state index contributed by atoms with van der Waals surface area (Å²) in [4.78, 5) is 0. The van der Waals surface area contributed by atoms with Crippen molar-refractivity contribution in [3.8, 4) is 0 Å². The van der Waals surface area contributed by atoms with Crippen molar-refractivity contribution in [2.45, 2.75) is 52.5 Å². The minimum absolute atomic E-state index is 0.161. The quantitative estimate of drug-likeness (QED) is 0.627. The average molecular weight is 304 g/mol. The first-order valence-electron chi connectivity index (χ1n) is 7.41. The van der Waals surface area contributed by atoms with Gasteiger partial charge in [0, 0.05) is 11.6 Å². The molecule has 0 aromatic heterocycles. The van der Waals surface area contributed by atoms with Gasteiger partial charge in [0.15, 0.2) is 0 Å². The summed E-state index contributed by atoms with van der Waals surface area (Å²) in [6.07, 6.45) is 3.85. The predicted molar refractivity (Wildman–Crippen MR) is 81.1 cm³/mol. The average Bonchev–Trinajstić information content (AvgIpc) is 2.44. The molecule has 0 fully saturated rings. The zero-order valence-corrected chi connectivity index (χ0v) is 13.2. The van der Waals surface area contributed by atoms with Gasteiger partial charge in [-0.15, -0.1) is 0 Å². The molecule has 0 saturated heterocycles. The van der Waals surface area contributed by atoms with E-state index in [0.717, 1.165) is 38.3 Å². The number of nitrogens with one attached hydrogen (secondary N) is 1. The first-order valence-corrected chi connectivity index (χ1v) is 7.78. The van der Waals surface area contributed by atoms with E-state index in [1.807, 2.05) is 0 Å². The lowest BCUT2D eigenvalue weighted by molar-refractivity contribution is 0.363. The molecule has 0 saturated carbocycles. The van der Waals surface area contributed by atoms with Gasteiger partial charge in [0.2, 0.25) is 0 Å². The molecule has 0 aliphatic rings. The Morgan fingerprint density at radius 1 is 1.10 bits per heavy atom. The Bertz CT molecular complexity index is 419. The fraction of sp³-hybridized carbons (Fsp3) is 0.625. The highest BCUT2D eigenvalue weighted by Gasteiger charge is 2.20. The summed E-state index contributed by atoms with van der Waals surface area (Å²) in [5.41, 5.74) is 0.382. The lowest BCUT2D eigenvalue weighted by Gasteiger charge is -2.24. The van der Waals surface area contributed by atoms with Crippen LogP contribution in [-0.2, 0) is 0 Å². The largest absolute Gasteiger partial charge is 0.310 e. The van der Waals surface area contributed by atoms with Crippen LogP contribution >= 0.6 is 11.6 Å². The van der Waals surface area contributed by atoms with Crippen molar-refractivity contribution in [1.29, 1.82) is 0 Å². The zero-order chi connectivity index (χ0) is 15.1. The van der Waals surface area contributed by atoms with Gasteiger partial charge >= 0.3 is 0 Å². The molecule has 1 N–H and O–H groups in total. The summed E-state index contributed by atoms with van der Waals surface area (Å²) in [6, 6.07) is 2.14. The molecule has 0 bridgehead atoms. The fourth-order valence-corrected chi connectivity index (χ4v) is 2.55. The summed E-state index contributed by atoms with van der Waals surface area (Å²) in [6.45, 7) is 7.10. The van der Waals surface area contributed by atoms with Gasteiger partial charge in [-0.1, -0.05) is 45.2 Å². The number of benzene rings is 1. The molecule has 0 spiro atoms. The molecule has 4 heteroatoms. The monoisotopic (exact) mass is 303 g/mol. The minimum Gasteiger partial charge on any atom is -0.310 e. The fourth-order valence-electron chi connectivity index (χ4n) is 2.40. The molecule has 1 aromatic carbocycles. The minimum atomic E-state index is -0.559. The second kappa shape index (κ2) is 8.58. The topological polar surface area (TPSA) is 12.0 Å². The van der Waals surface area contributed by atoms with Crippen molar-refractivity contribution in [1.82, 2.24) is 5.32 Å². The normalized spacial score (nSPS) is 12.9. The maximum absolute atomic E-state index is 14.1. The third kappa shape index (κ3) is 4.71. The van der Waals surface area contributed by atoms with E-state index in [1.165, 1.54) is 6.07 Å². The number of halogens is 3. The molecule has 114 valence electrons. The molecular weight excluding hydrogens is 280 g/mol. The Kier molecular flexibility index (Phi) is 7.46. The third-order valence-electron chi connectivity index (χ3n) is 3.78. The molecule has 0 heterocycles. The molecule has 1 atom stereocenters. The van der Waals surface area contributed by atoms with Crippen molar-refractivity contribution in [2.24, 2.45) is 5.92 Å². The van der Waals surface area contributed by atoms with Crippen molar-refractivity contribution in [3.05, 3.63) is 34.4 Å². The first-order chi connectivity index (χ1) is 9.53. The third-order valence-corrected chi connectivity index (χ3v) is 4.07. The maximum Gasteiger partial charge on any atom is 0.142 e. The Balaban J connectivity index is 3.00. The maximum atomic E-state index is 14.1. The van der Waals surface area contributed by atoms with E-state index < -0.39 is 11.6 Å². The number of rotatable bonds is 8. The molecule has 1 nitrogen and oxygen atoms in total. The van der Waals surface area contributed by atoms with E-state index in [-0.39, 0.29) is 11.1 Å². The van der Waals surface area contributed by atoms with Crippen LogP contribution in [0.15, 0.2) is 12.1 Å². The number of hydrogen-bond acceptors (Lipinski definition) is 1.